The van der Waals surface area contributed by atoms with E-state index in [1.165, 1.54) is 17.8 Å². The van der Waals surface area contributed by atoms with Crippen molar-refractivity contribution in [2.45, 2.75) is 58.9 Å². The molecule has 0 saturated heterocycles. The molecule has 136 valence electrons. The highest BCUT2D eigenvalue weighted by atomic mass is 32.1. The molecule has 2 N–H and O–H groups in total. The van der Waals surface area contributed by atoms with Gasteiger partial charge in [0.25, 0.3) is 0 Å². The van der Waals surface area contributed by atoms with Gasteiger partial charge in [-0.3, -0.25) is 0 Å². The Labute approximate surface area is 150 Å². The summed E-state index contributed by atoms with van der Waals surface area (Å²) in [6, 6.07) is 0. The third-order valence-electron chi connectivity index (χ3n) is 3.75. The minimum atomic E-state index is 0.107. The fourth-order valence-corrected chi connectivity index (χ4v) is 3.04. The number of aliphatic imine (C=N–C) groups is 1. The molecule has 0 aliphatic heterocycles. The van der Waals surface area contributed by atoms with E-state index >= 15 is 0 Å². The van der Waals surface area contributed by atoms with Crippen molar-refractivity contribution in [3.05, 3.63) is 16.1 Å². The Hall–Kier alpha value is -1.14. The van der Waals surface area contributed by atoms with Crippen LogP contribution in [0.5, 0.6) is 0 Å². The highest BCUT2D eigenvalue weighted by Crippen LogP contribution is 2.28. The first kappa shape index (κ1) is 19.2. The molecule has 6 heteroatoms. The van der Waals surface area contributed by atoms with E-state index in [-0.39, 0.29) is 5.41 Å². The SMILES string of the molecule is CCNC(=NCc1csc(C(C)(C)C)n1)NCCCOCC1CC1. The van der Waals surface area contributed by atoms with Crippen LogP contribution >= 0.6 is 11.3 Å². The molecule has 0 radical (unpaired) electrons. The number of nitrogens with one attached hydrogen (secondary N) is 2. The van der Waals surface area contributed by atoms with Gasteiger partial charge in [0.15, 0.2) is 5.96 Å². The normalized spacial score (nSPS) is 15.6. The molecule has 1 heterocycles. The second-order valence-electron chi connectivity index (χ2n) is 7.39. The molecule has 0 aromatic carbocycles. The number of rotatable bonds is 9. The van der Waals surface area contributed by atoms with Gasteiger partial charge in [0, 0.05) is 37.1 Å². The molecule has 1 fully saturated rings. The fourth-order valence-electron chi connectivity index (χ4n) is 2.14. The fraction of sp³-hybridized carbons (Fsp3) is 0.778. The van der Waals surface area contributed by atoms with Crippen molar-refractivity contribution in [1.29, 1.82) is 0 Å². The zero-order valence-corrected chi connectivity index (χ0v) is 16.3. The summed E-state index contributed by atoms with van der Waals surface area (Å²) in [6.07, 6.45) is 3.70. The molecule has 0 bridgehead atoms. The van der Waals surface area contributed by atoms with E-state index in [2.05, 4.69) is 48.7 Å². The minimum absolute atomic E-state index is 0.107. The number of hydrogen-bond donors (Lipinski definition) is 2. The Morgan fingerprint density at radius 1 is 1.38 bits per heavy atom. The summed E-state index contributed by atoms with van der Waals surface area (Å²) in [5.41, 5.74) is 1.14. The highest BCUT2D eigenvalue weighted by Gasteiger charge is 2.20. The molecule has 1 aliphatic rings. The number of nitrogens with zero attached hydrogens (tertiary/aromatic N) is 2. The van der Waals surface area contributed by atoms with Crippen LogP contribution in [0.15, 0.2) is 10.4 Å². The summed E-state index contributed by atoms with van der Waals surface area (Å²) >= 11 is 1.72. The number of thiazole rings is 1. The topological polar surface area (TPSA) is 58.5 Å². The second kappa shape index (κ2) is 9.37. The van der Waals surface area contributed by atoms with Crippen LogP contribution < -0.4 is 10.6 Å². The molecule has 1 aromatic rings. The lowest BCUT2D eigenvalue weighted by Gasteiger charge is -2.13. The third-order valence-corrected chi connectivity index (χ3v) is 5.06. The Balaban J connectivity index is 1.71. The summed E-state index contributed by atoms with van der Waals surface area (Å²) in [5.74, 6) is 1.69. The maximum absolute atomic E-state index is 5.65. The molecule has 0 unspecified atom stereocenters. The smallest absolute Gasteiger partial charge is 0.191 e. The van der Waals surface area contributed by atoms with Crippen molar-refractivity contribution in [1.82, 2.24) is 15.6 Å². The summed E-state index contributed by atoms with van der Waals surface area (Å²) in [7, 11) is 0. The standard InChI is InChI=1S/C18H32N4OS/c1-5-19-17(20-9-6-10-23-12-14-7-8-14)21-11-15-13-24-16(22-15)18(2,3)4/h13-14H,5-12H2,1-4H3,(H2,19,20,21). The monoisotopic (exact) mass is 352 g/mol. The van der Waals surface area contributed by atoms with Gasteiger partial charge in [0.2, 0.25) is 0 Å². The molecule has 0 amide bonds. The molecule has 1 aromatic heterocycles. The molecule has 5 nitrogen and oxygen atoms in total. The van der Waals surface area contributed by atoms with E-state index in [4.69, 9.17) is 9.72 Å². The number of aromatic nitrogens is 1. The zero-order valence-electron chi connectivity index (χ0n) is 15.5. The van der Waals surface area contributed by atoms with Gasteiger partial charge >= 0.3 is 0 Å². The van der Waals surface area contributed by atoms with Crippen LogP contribution in [0.2, 0.25) is 0 Å². The molecule has 24 heavy (non-hydrogen) atoms. The van der Waals surface area contributed by atoms with Gasteiger partial charge in [-0.2, -0.15) is 0 Å². The van der Waals surface area contributed by atoms with Crippen LogP contribution in [0.4, 0.5) is 0 Å². The van der Waals surface area contributed by atoms with Crippen molar-refractivity contribution in [2.24, 2.45) is 10.9 Å². The molecule has 0 atom stereocenters. The van der Waals surface area contributed by atoms with E-state index in [0.717, 1.165) is 50.3 Å². The van der Waals surface area contributed by atoms with Gasteiger partial charge < -0.3 is 15.4 Å². The van der Waals surface area contributed by atoms with Gasteiger partial charge in [0.05, 0.1) is 17.2 Å². The molecular formula is C18H32N4OS. The first-order valence-electron chi connectivity index (χ1n) is 9.04. The first-order valence-corrected chi connectivity index (χ1v) is 9.92. The Bertz CT molecular complexity index is 517. The Kier molecular flexibility index (Phi) is 7.49. The van der Waals surface area contributed by atoms with Crippen LogP contribution in [0.1, 0.15) is 57.7 Å². The van der Waals surface area contributed by atoms with Crippen LogP contribution in [0.3, 0.4) is 0 Å². The molecule has 1 aliphatic carbocycles. The summed E-state index contributed by atoms with van der Waals surface area (Å²) in [4.78, 5) is 9.33. The van der Waals surface area contributed by atoms with Crippen molar-refractivity contribution in [3.63, 3.8) is 0 Å². The number of hydrogen-bond acceptors (Lipinski definition) is 4. The molecule has 0 spiro atoms. The minimum Gasteiger partial charge on any atom is -0.381 e. The lowest BCUT2D eigenvalue weighted by Crippen LogP contribution is -2.38. The quantitative estimate of drug-likeness (QED) is 0.407. The maximum Gasteiger partial charge on any atom is 0.191 e. The van der Waals surface area contributed by atoms with Gasteiger partial charge in [0.1, 0.15) is 0 Å². The summed E-state index contributed by atoms with van der Waals surface area (Å²) in [5, 5.41) is 9.92. The number of guanidine groups is 1. The average Bonchev–Trinajstić information content (AvgIpc) is 3.21. The van der Waals surface area contributed by atoms with Crippen molar-refractivity contribution >= 4 is 17.3 Å². The zero-order chi connectivity index (χ0) is 17.4. The average molecular weight is 353 g/mol. The predicted octanol–water partition coefficient (Wildman–Crippen LogP) is 3.31. The summed E-state index contributed by atoms with van der Waals surface area (Å²) < 4.78 is 5.65. The summed E-state index contributed by atoms with van der Waals surface area (Å²) in [6.45, 7) is 12.8. The van der Waals surface area contributed by atoms with Crippen LogP contribution in [0.25, 0.3) is 0 Å². The Morgan fingerprint density at radius 2 is 2.17 bits per heavy atom. The lowest BCUT2D eigenvalue weighted by atomic mass is 9.98. The molecule has 1 saturated carbocycles. The lowest BCUT2D eigenvalue weighted by molar-refractivity contribution is 0.123. The molecular weight excluding hydrogens is 320 g/mol. The first-order chi connectivity index (χ1) is 11.5. The van der Waals surface area contributed by atoms with Crippen molar-refractivity contribution in [2.75, 3.05) is 26.3 Å². The van der Waals surface area contributed by atoms with Crippen molar-refractivity contribution in [3.8, 4) is 0 Å². The Morgan fingerprint density at radius 3 is 2.79 bits per heavy atom. The second-order valence-corrected chi connectivity index (χ2v) is 8.25. The molecule has 2 rings (SSSR count). The highest BCUT2D eigenvalue weighted by molar-refractivity contribution is 7.09. The van der Waals surface area contributed by atoms with Crippen molar-refractivity contribution < 1.29 is 4.74 Å². The van der Waals surface area contributed by atoms with Crippen LogP contribution in [-0.4, -0.2) is 37.2 Å². The van der Waals surface area contributed by atoms with Gasteiger partial charge in [-0.25, -0.2) is 9.98 Å². The predicted molar refractivity (Wildman–Crippen MR) is 102 cm³/mol. The van der Waals surface area contributed by atoms with E-state index in [0.29, 0.717) is 6.54 Å². The van der Waals surface area contributed by atoms with E-state index in [9.17, 15) is 0 Å². The van der Waals surface area contributed by atoms with Crippen LogP contribution in [0, 0.1) is 5.92 Å². The number of ether oxygens (including phenoxy) is 1. The largest absolute Gasteiger partial charge is 0.381 e. The van der Waals surface area contributed by atoms with E-state index < -0.39 is 0 Å². The van der Waals surface area contributed by atoms with E-state index in [1.54, 1.807) is 11.3 Å². The van der Waals surface area contributed by atoms with Gasteiger partial charge in [-0.15, -0.1) is 11.3 Å². The maximum atomic E-state index is 5.65. The van der Waals surface area contributed by atoms with Gasteiger partial charge in [-0.05, 0) is 32.1 Å². The third kappa shape index (κ3) is 7.18. The van der Waals surface area contributed by atoms with E-state index in [1.807, 2.05) is 0 Å². The van der Waals surface area contributed by atoms with Crippen LogP contribution in [-0.2, 0) is 16.7 Å². The van der Waals surface area contributed by atoms with Gasteiger partial charge in [-0.1, -0.05) is 20.8 Å².